The van der Waals surface area contributed by atoms with Gasteiger partial charge in [0.1, 0.15) is 19.5 Å². The van der Waals surface area contributed by atoms with Gasteiger partial charge in [-0.2, -0.15) is 0 Å². The first kappa shape index (κ1) is 25.3. The van der Waals surface area contributed by atoms with Crippen molar-refractivity contribution in [1.29, 1.82) is 0 Å². The zero-order valence-corrected chi connectivity index (χ0v) is 24.7. The van der Waals surface area contributed by atoms with E-state index in [1.165, 1.54) is 0 Å². The second-order valence-corrected chi connectivity index (χ2v) is 15.7. The molecule has 0 spiro atoms. The Morgan fingerprint density at radius 1 is 0.545 bits per heavy atom. The number of nitrogens with two attached hydrogens (primary N) is 1. The van der Waals surface area contributed by atoms with Crippen LogP contribution in [0.5, 0.6) is 0 Å². The molecule has 0 radical (unpaired) electrons. The van der Waals surface area contributed by atoms with E-state index in [9.17, 15) is 0 Å². The molecule has 0 aliphatic heterocycles. The summed E-state index contributed by atoms with van der Waals surface area (Å²) >= 11 is 83.4. The van der Waals surface area contributed by atoms with Crippen LogP contribution < -0.4 is 5.73 Å². The summed E-state index contributed by atoms with van der Waals surface area (Å²) in [7, 11) is 0. The van der Waals surface area contributed by atoms with E-state index in [2.05, 4.69) is 0 Å². The summed E-state index contributed by atoms with van der Waals surface area (Å²) in [4.78, 5) is -6.52. The molecular weight excluding hydrogens is 680 g/mol. The fraction of sp³-hybridized carbons (Fsp3) is 0.500. The van der Waals surface area contributed by atoms with Crippen molar-refractivity contribution in [2.45, 2.75) is 40.0 Å². The van der Waals surface area contributed by atoms with E-state index in [-0.39, 0.29) is 20.1 Å². The van der Waals surface area contributed by atoms with Gasteiger partial charge < -0.3 is 5.73 Å². The SMILES string of the molecule is Nc1ccc2c(c1)[C@H]1[C@@H]([C@@H]3[C@@H]2[C@]2(Cl)C(Cl)=C(Cl)[C@]3(Cl)C2(Cl)Cl)[C@]2(Cl)C(Cl)=C(Cl)[C@]1(Cl)C2(Cl)Cl. The van der Waals surface area contributed by atoms with Gasteiger partial charge in [0.05, 0.1) is 20.1 Å². The van der Waals surface area contributed by atoms with Crippen LogP contribution in [-0.2, 0) is 0 Å². The zero-order valence-electron chi connectivity index (χ0n) is 15.7. The second kappa shape index (κ2) is 6.75. The monoisotopic (exact) mass is 683 g/mol. The minimum Gasteiger partial charge on any atom is -0.399 e. The van der Waals surface area contributed by atoms with E-state index in [0.29, 0.717) is 11.3 Å². The lowest BCUT2D eigenvalue weighted by molar-refractivity contribution is 0.201. The standard InChI is InChI=1S/C20H9Cl12N/c21-11-13(23)17(27)9-7(15(11,25)19(17,29)30)5-2-1-4(33)3-6(5)8-10(9)18(28)14(24)12(22)16(8,26)20(18,31)32/h1-3,7-10H,33H2/t7-,8+,9+,10+,15+,16+,17+,18+/m1/s1. The molecular formula is C20H9Cl12N. The maximum atomic E-state index is 7.26. The Bertz CT molecular complexity index is 1240. The second-order valence-electron chi connectivity index (χ2n) is 9.15. The Morgan fingerprint density at radius 3 is 1.33 bits per heavy atom. The van der Waals surface area contributed by atoms with E-state index >= 15 is 0 Å². The van der Waals surface area contributed by atoms with E-state index in [4.69, 9.17) is 145 Å². The molecule has 8 atom stereocenters. The van der Waals surface area contributed by atoms with E-state index in [0.717, 1.165) is 5.56 Å². The van der Waals surface area contributed by atoms with Crippen LogP contribution in [0.4, 0.5) is 5.69 Å². The quantitative estimate of drug-likeness (QED) is 0.214. The van der Waals surface area contributed by atoms with Gasteiger partial charge in [-0.25, -0.2) is 0 Å². The highest BCUT2D eigenvalue weighted by molar-refractivity contribution is 6.67. The fourth-order valence-electron chi connectivity index (χ4n) is 6.92. The third kappa shape index (κ3) is 2.16. The molecule has 0 unspecified atom stereocenters. The first-order chi connectivity index (χ1) is 15.0. The lowest BCUT2D eigenvalue weighted by Crippen LogP contribution is -2.53. The number of hydrogen-bond acceptors (Lipinski definition) is 1. The molecule has 6 rings (SSSR count). The van der Waals surface area contributed by atoms with Crippen molar-refractivity contribution in [2.24, 2.45) is 11.8 Å². The summed E-state index contributed by atoms with van der Waals surface area (Å²) in [6.07, 6.45) is 0. The van der Waals surface area contributed by atoms with Gasteiger partial charge in [-0.15, -0.1) is 46.4 Å². The molecule has 2 fully saturated rings. The normalized spacial score (nSPS) is 50.1. The maximum Gasteiger partial charge on any atom is 0.167 e. The molecule has 2 N–H and O–H groups in total. The van der Waals surface area contributed by atoms with Gasteiger partial charge in [-0.05, 0) is 23.3 Å². The van der Waals surface area contributed by atoms with Crippen LogP contribution in [0.15, 0.2) is 38.3 Å². The molecule has 1 aromatic carbocycles. The lowest BCUT2D eigenvalue weighted by Gasteiger charge is -2.52. The van der Waals surface area contributed by atoms with Gasteiger partial charge >= 0.3 is 0 Å². The smallest absolute Gasteiger partial charge is 0.167 e. The molecule has 4 bridgehead atoms. The van der Waals surface area contributed by atoms with Crippen LogP contribution in [0.25, 0.3) is 0 Å². The molecule has 0 saturated heterocycles. The molecule has 0 amide bonds. The number of halogens is 12. The largest absolute Gasteiger partial charge is 0.399 e. The highest BCUT2D eigenvalue weighted by atomic mass is 35.5. The summed E-state index contributed by atoms with van der Waals surface area (Å²) in [6.45, 7) is 0. The highest BCUT2D eigenvalue weighted by Gasteiger charge is 2.91. The predicted octanol–water partition coefficient (Wildman–Crippen LogP) is 9.37. The fourth-order valence-corrected chi connectivity index (χ4v) is 13.0. The zero-order chi connectivity index (χ0) is 24.5. The van der Waals surface area contributed by atoms with Crippen molar-refractivity contribution < 1.29 is 0 Å². The third-order valence-electron chi connectivity index (χ3n) is 8.15. The summed E-state index contributed by atoms with van der Waals surface area (Å²) in [5, 5.41) is 0.153. The average molecular weight is 689 g/mol. The number of anilines is 1. The summed E-state index contributed by atoms with van der Waals surface area (Å²) in [6, 6.07) is 5.28. The number of benzene rings is 1. The van der Waals surface area contributed by atoms with Gasteiger partial charge in [0, 0.05) is 29.4 Å². The Hall–Kier alpha value is 1.98. The van der Waals surface area contributed by atoms with Crippen LogP contribution in [0, 0.1) is 11.8 Å². The maximum absolute atomic E-state index is 7.26. The van der Waals surface area contributed by atoms with E-state index in [1.807, 2.05) is 6.07 Å². The molecule has 1 nitrogen and oxygen atoms in total. The molecule has 2 saturated carbocycles. The van der Waals surface area contributed by atoms with Gasteiger partial charge in [0.2, 0.25) is 0 Å². The van der Waals surface area contributed by atoms with Crippen LogP contribution >= 0.6 is 139 Å². The number of allylic oxidation sites excluding steroid dienone is 4. The predicted molar refractivity (Wildman–Crippen MR) is 144 cm³/mol. The van der Waals surface area contributed by atoms with Crippen molar-refractivity contribution in [3.05, 3.63) is 49.5 Å². The number of hydrogen-bond donors (Lipinski definition) is 1. The Kier molecular flexibility index (Phi) is 5.17. The summed E-state index contributed by atoms with van der Waals surface area (Å²) in [5.74, 6) is -2.80. The van der Waals surface area contributed by atoms with E-state index in [1.54, 1.807) is 12.1 Å². The Morgan fingerprint density at radius 2 is 0.909 bits per heavy atom. The minimum absolute atomic E-state index is 0.0193. The van der Waals surface area contributed by atoms with E-state index < -0.39 is 51.8 Å². The lowest BCUT2D eigenvalue weighted by atomic mass is 9.57. The average Bonchev–Trinajstić information content (AvgIpc) is 3.08. The molecule has 5 aliphatic rings. The molecule has 0 heterocycles. The van der Waals surface area contributed by atoms with Crippen molar-refractivity contribution in [2.75, 3.05) is 5.73 Å². The molecule has 178 valence electrons. The summed E-state index contributed by atoms with van der Waals surface area (Å²) < 4.78 is -3.69. The van der Waals surface area contributed by atoms with Crippen LogP contribution in [-0.4, -0.2) is 28.2 Å². The number of nitrogen functional groups attached to an aromatic ring is 1. The van der Waals surface area contributed by atoms with Gasteiger partial charge in [0.15, 0.2) is 8.67 Å². The molecule has 13 heteroatoms. The van der Waals surface area contributed by atoms with Crippen molar-refractivity contribution in [3.8, 4) is 0 Å². The highest BCUT2D eigenvalue weighted by Crippen LogP contribution is 2.88. The summed E-state index contributed by atoms with van der Waals surface area (Å²) in [5.41, 5.74) is 8.03. The first-order valence-corrected chi connectivity index (χ1v) is 14.1. The minimum atomic E-state index is -1.85. The van der Waals surface area contributed by atoms with Crippen LogP contribution in [0.1, 0.15) is 23.0 Å². The van der Waals surface area contributed by atoms with Crippen molar-refractivity contribution in [3.63, 3.8) is 0 Å². The number of fused-ring (bicyclic) bond motifs is 14. The third-order valence-corrected chi connectivity index (χ3v) is 16.7. The molecule has 1 aromatic rings. The Labute approximate surface area is 249 Å². The van der Waals surface area contributed by atoms with Crippen LogP contribution in [0.2, 0.25) is 0 Å². The first-order valence-electron chi connectivity index (χ1n) is 9.53. The Balaban J connectivity index is 1.79. The molecule has 0 aromatic heterocycles. The van der Waals surface area contributed by atoms with Gasteiger partial charge in [-0.3, -0.25) is 0 Å². The van der Waals surface area contributed by atoms with Gasteiger partial charge in [0.25, 0.3) is 0 Å². The van der Waals surface area contributed by atoms with Crippen molar-refractivity contribution >= 4 is 145 Å². The topological polar surface area (TPSA) is 26.0 Å². The van der Waals surface area contributed by atoms with Crippen molar-refractivity contribution in [1.82, 2.24) is 0 Å². The molecule has 33 heavy (non-hydrogen) atoms. The van der Waals surface area contributed by atoms with Gasteiger partial charge in [-0.1, -0.05) is 98.9 Å². The number of alkyl halides is 8. The van der Waals surface area contributed by atoms with Crippen LogP contribution in [0.3, 0.4) is 0 Å². The number of rotatable bonds is 0. The molecule has 5 aliphatic carbocycles.